The number of aryl methyl sites for hydroxylation is 1. The maximum atomic E-state index is 4.27. The van der Waals surface area contributed by atoms with Crippen LogP contribution in [0.3, 0.4) is 0 Å². The van der Waals surface area contributed by atoms with Crippen molar-refractivity contribution in [1.29, 1.82) is 0 Å². The molecule has 1 saturated heterocycles. The van der Waals surface area contributed by atoms with Crippen LogP contribution in [0.15, 0.2) is 5.51 Å². The summed E-state index contributed by atoms with van der Waals surface area (Å²) in [5.74, 6) is 0. The van der Waals surface area contributed by atoms with Crippen molar-refractivity contribution in [1.82, 2.24) is 15.6 Å². The maximum Gasteiger partial charge on any atom is 0.0798 e. The van der Waals surface area contributed by atoms with Crippen LogP contribution in [0, 0.1) is 12.3 Å². The first kappa shape index (κ1) is 12.0. The van der Waals surface area contributed by atoms with Crippen molar-refractivity contribution in [3.05, 3.63) is 16.1 Å². The van der Waals surface area contributed by atoms with E-state index in [1.54, 1.807) is 11.3 Å². The van der Waals surface area contributed by atoms with Crippen molar-refractivity contribution in [3.63, 3.8) is 0 Å². The highest BCUT2D eigenvalue weighted by Gasteiger charge is 2.25. The molecule has 4 heteroatoms. The lowest BCUT2D eigenvalue weighted by atomic mass is 9.81. The SMILES string of the molecule is Cc1ncsc1CNCC1(C)CCNCC1. The van der Waals surface area contributed by atoms with E-state index < -0.39 is 0 Å². The molecule has 0 aromatic carbocycles. The summed E-state index contributed by atoms with van der Waals surface area (Å²) in [5.41, 5.74) is 3.58. The molecule has 1 fully saturated rings. The minimum absolute atomic E-state index is 0.476. The molecule has 16 heavy (non-hydrogen) atoms. The zero-order valence-electron chi connectivity index (χ0n) is 10.2. The average molecular weight is 239 g/mol. The Morgan fingerprint density at radius 3 is 2.88 bits per heavy atom. The summed E-state index contributed by atoms with van der Waals surface area (Å²) >= 11 is 1.75. The van der Waals surface area contributed by atoms with Gasteiger partial charge in [0.2, 0.25) is 0 Å². The van der Waals surface area contributed by atoms with Crippen LogP contribution in [0.25, 0.3) is 0 Å². The van der Waals surface area contributed by atoms with Crippen LogP contribution in [-0.2, 0) is 6.54 Å². The van der Waals surface area contributed by atoms with Gasteiger partial charge in [0.05, 0.1) is 11.2 Å². The van der Waals surface area contributed by atoms with E-state index in [2.05, 4.69) is 29.5 Å². The zero-order valence-corrected chi connectivity index (χ0v) is 11.0. The van der Waals surface area contributed by atoms with Gasteiger partial charge in [-0.05, 0) is 38.3 Å². The van der Waals surface area contributed by atoms with Crippen LogP contribution < -0.4 is 10.6 Å². The minimum atomic E-state index is 0.476. The van der Waals surface area contributed by atoms with Crippen LogP contribution in [0.2, 0.25) is 0 Å². The molecule has 2 heterocycles. The summed E-state index contributed by atoms with van der Waals surface area (Å²) in [6.45, 7) is 8.89. The van der Waals surface area contributed by atoms with Crippen LogP contribution in [0.1, 0.15) is 30.3 Å². The third-order valence-electron chi connectivity index (χ3n) is 3.49. The molecule has 1 aromatic rings. The second kappa shape index (κ2) is 5.25. The van der Waals surface area contributed by atoms with Crippen molar-refractivity contribution in [2.24, 2.45) is 5.41 Å². The second-order valence-electron chi connectivity index (χ2n) is 5.03. The highest BCUT2D eigenvalue weighted by atomic mass is 32.1. The van der Waals surface area contributed by atoms with Gasteiger partial charge in [0.15, 0.2) is 0 Å². The van der Waals surface area contributed by atoms with E-state index >= 15 is 0 Å². The minimum Gasteiger partial charge on any atom is -0.317 e. The van der Waals surface area contributed by atoms with Gasteiger partial charge in [0.1, 0.15) is 0 Å². The van der Waals surface area contributed by atoms with Crippen molar-refractivity contribution in [2.75, 3.05) is 19.6 Å². The Bertz CT molecular complexity index is 329. The highest BCUT2D eigenvalue weighted by molar-refractivity contribution is 7.09. The Morgan fingerprint density at radius 1 is 1.50 bits per heavy atom. The summed E-state index contributed by atoms with van der Waals surface area (Å²) in [4.78, 5) is 5.64. The normalized spacial score (nSPS) is 19.9. The molecular formula is C12H21N3S. The number of piperidine rings is 1. The van der Waals surface area contributed by atoms with Crippen LogP contribution in [0.4, 0.5) is 0 Å². The Balaban J connectivity index is 1.77. The Kier molecular flexibility index (Phi) is 3.95. The smallest absolute Gasteiger partial charge is 0.0798 e. The zero-order chi connectivity index (χ0) is 11.4. The molecule has 0 saturated carbocycles. The van der Waals surface area contributed by atoms with E-state index in [4.69, 9.17) is 0 Å². The lowest BCUT2D eigenvalue weighted by molar-refractivity contribution is 0.220. The average Bonchev–Trinajstić information content (AvgIpc) is 2.65. The van der Waals surface area contributed by atoms with Gasteiger partial charge in [0, 0.05) is 18.0 Å². The van der Waals surface area contributed by atoms with Crippen LogP contribution in [0.5, 0.6) is 0 Å². The quantitative estimate of drug-likeness (QED) is 0.843. The summed E-state index contributed by atoms with van der Waals surface area (Å²) < 4.78 is 0. The number of nitrogens with one attached hydrogen (secondary N) is 2. The van der Waals surface area contributed by atoms with Gasteiger partial charge < -0.3 is 10.6 Å². The predicted molar refractivity (Wildman–Crippen MR) is 68.8 cm³/mol. The Hall–Kier alpha value is -0.450. The number of hydrogen-bond donors (Lipinski definition) is 2. The molecule has 0 atom stereocenters. The molecule has 1 aromatic heterocycles. The first-order valence-corrected chi connectivity index (χ1v) is 6.88. The number of nitrogens with zero attached hydrogens (tertiary/aromatic N) is 1. The summed E-state index contributed by atoms with van der Waals surface area (Å²) in [6.07, 6.45) is 2.56. The second-order valence-corrected chi connectivity index (χ2v) is 5.96. The molecule has 1 aliphatic heterocycles. The van der Waals surface area contributed by atoms with E-state index in [1.165, 1.54) is 23.4 Å². The molecule has 3 nitrogen and oxygen atoms in total. The van der Waals surface area contributed by atoms with Gasteiger partial charge >= 0.3 is 0 Å². The largest absolute Gasteiger partial charge is 0.317 e. The fourth-order valence-corrected chi connectivity index (χ4v) is 2.93. The molecular weight excluding hydrogens is 218 g/mol. The van der Waals surface area contributed by atoms with Gasteiger partial charge in [-0.3, -0.25) is 0 Å². The van der Waals surface area contributed by atoms with Gasteiger partial charge in [-0.15, -0.1) is 11.3 Å². The molecule has 90 valence electrons. The van der Waals surface area contributed by atoms with E-state index in [-0.39, 0.29) is 0 Å². The third-order valence-corrected chi connectivity index (χ3v) is 4.43. The number of aromatic nitrogens is 1. The molecule has 0 bridgehead atoms. The van der Waals surface area contributed by atoms with E-state index in [0.717, 1.165) is 26.2 Å². The first-order chi connectivity index (χ1) is 7.70. The molecule has 0 aliphatic carbocycles. The number of thiazole rings is 1. The van der Waals surface area contributed by atoms with Crippen molar-refractivity contribution in [3.8, 4) is 0 Å². The van der Waals surface area contributed by atoms with Crippen LogP contribution in [-0.4, -0.2) is 24.6 Å². The van der Waals surface area contributed by atoms with Crippen molar-refractivity contribution >= 4 is 11.3 Å². The predicted octanol–water partition coefficient (Wildman–Crippen LogP) is 1.93. The van der Waals surface area contributed by atoms with Crippen LogP contribution >= 0.6 is 11.3 Å². The monoisotopic (exact) mass is 239 g/mol. The molecule has 0 radical (unpaired) electrons. The van der Waals surface area contributed by atoms with Gasteiger partial charge in [-0.2, -0.15) is 0 Å². The van der Waals surface area contributed by atoms with Gasteiger partial charge in [0.25, 0.3) is 0 Å². The van der Waals surface area contributed by atoms with E-state index in [9.17, 15) is 0 Å². The standard InChI is InChI=1S/C12H21N3S/c1-10-11(16-9-15-10)7-14-8-12(2)3-5-13-6-4-12/h9,13-14H,3-8H2,1-2H3. The highest BCUT2D eigenvalue weighted by Crippen LogP contribution is 2.26. The summed E-state index contributed by atoms with van der Waals surface area (Å²) in [7, 11) is 0. The molecule has 2 rings (SSSR count). The Morgan fingerprint density at radius 2 is 2.25 bits per heavy atom. The summed E-state index contributed by atoms with van der Waals surface area (Å²) in [6, 6.07) is 0. The summed E-state index contributed by atoms with van der Waals surface area (Å²) in [5, 5.41) is 7.00. The first-order valence-electron chi connectivity index (χ1n) is 6.00. The lowest BCUT2D eigenvalue weighted by Gasteiger charge is -2.34. The van der Waals surface area contributed by atoms with E-state index in [0.29, 0.717) is 5.41 Å². The van der Waals surface area contributed by atoms with Gasteiger partial charge in [-0.1, -0.05) is 6.92 Å². The molecule has 0 amide bonds. The van der Waals surface area contributed by atoms with E-state index in [1.807, 2.05) is 5.51 Å². The molecule has 0 unspecified atom stereocenters. The molecule has 2 N–H and O–H groups in total. The van der Waals surface area contributed by atoms with Gasteiger partial charge in [-0.25, -0.2) is 4.98 Å². The Labute approximate surface area is 102 Å². The third kappa shape index (κ3) is 3.03. The fraction of sp³-hybridized carbons (Fsp3) is 0.750. The lowest BCUT2D eigenvalue weighted by Crippen LogP contribution is -2.41. The maximum absolute atomic E-state index is 4.27. The van der Waals surface area contributed by atoms with Crippen molar-refractivity contribution < 1.29 is 0 Å². The molecule has 0 spiro atoms. The van der Waals surface area contributed by atoms with Crippen molar-refractivity contribution in [2.45, 2.75) is 33.2 Å². The number of hydrogen-bond acceptors (Lipinski definition) is 4. The molecule has 1 aliphatic rings. The number of rotatable bonds is 4. The topological polar surface area (TPSA) is 37.0 Å². The fourth-order valence-electron chi connectivity index (χ4n) is 2.18.